The lowest BCUT2D eigenvalue weighted by Crippen LogP contribution is -2.43. The molecule has 0 aliphatic heterocycles. The van der Waals surface area contributed by atoms with E-state index in [0.29, 0.717) is 6.42 Å². The second-order valence-corrected chi connectivity index (χ2v) is 19.0. The molecule has 0 radical (unpaired) electrons. The molecule has 0 bridgehead atoms. The average molecular weight is 395 g/mol. The van der Waals surface area contributed by atoms with Crippen LogP contribution in [-0.4, -0.2) is 34.1 Å². The third-order valence-electron chi connectivity index (χ3n) is 4.50. The fourth-order valence-electron chi connectivity index (χ4n) is 3.47. The molecule has 0 amide bonds. The van der Waals surface area contributed by atoms with E-state index in [0.717, 1.165) is 11.1 Å². The minimum Gasteiger partial charge on any atom is -0.407 e. The first-order chi connectivity index (χ1) is 11.5. The molecule has 3 nitrogen and oxygen atoms in total. The van der Waals surface area contributed by atoms with Crippen LogP contribution in [0.4, 0.5) is 0 Å². The Balaban J connectivity index is 3.22. The lowest BCUT2D eigenvalue weighted by Gasteiger charge is -2.39. The Morgan fingerprint density at radius 1 is 1.15 bits per heavy atom. The van der Waals surface area contributed by atoms with Crippen molar-refractivity contribution in [2.24, 2.45) is 5.41 Å². The molecular weight excluding hydrogens is 356 g/mol. The predicted molar refractivity (Wildman–Crippen MR) is 116 cm³/mol. The summed E-state index contributed by atoms with van der Waals surface area (Å²) in [6.07, 6.45) is 6.35. The van der Waals surface area contributed by atoms with Gasteiger partial charge in [-0.1, -0.05) is 38.7 Å². The topological polar surface area (TPSA) is 35.5 Å². The number of allylic oxidation sites excluding steroid dienone is 2. The molecule has 0 aromatic carbocycles. The lowest BCUT2D eigenvalue weighted by molar-refractivity contribution is -0.124. The molecule has 0 saturated carbocycles. The zero-order chi connectivity index (χ0) is 20.6. The van der Waals surface area contributed by atoms with Crippen molar-refractivity contribution in [1.82, 2.24) is 0 Å². The van der Waals surface area contributed by atoms with Gasteiger partial charge in [-0.2, -0.15) is 0 Å². The Morgan fingerprint density at radius 2 is 1.69 bits per heavy atom. The van der Waals surface area contributed by atoms with Crippen LogP contribution in [0, 0.1) is 5.41 Å². The normalized spacial score (nSPS) is 24.1. The Labute approximate surface area is 162 Å². The van der Waals surface area contributed by atoms with Gasteiger partial charge in [-0.05, 0) is 76.1 Å². The van der Waals surface area contributed by atoms with Crippen LogP contribution in [0.25, 0.3) is 0 Å². The van der Waals surface area contributed by atoms with Crippen LogP contribution in [0.15, 0.2) is 36.0 Å². The summed E-state index contributed by atoms with van der Waals surface area (Å²) in [5.74, 6) is 0.123. The molecule has 1 rings (SSSR count). The molecule has 0 fully saturated rings. The SMILES string of the molecule is C=CC(C)(/C=C/C1=C(C)C(=O)C(O[Si](C)(C)C)CC1(C)C)O[Si](C)(C)C. The maximum absolute atomic E-state index is 12.9. The molecule has 0 aromatic heterocycles. The minimum absolute atomic E-state index is 0.123. The van der Waals surface area contributed by atoms with E-state index in [1.165, 1.54) is 0 Å². The van der Waals surface area contributed by atoms with Gasteiger partial charge in [-0.15, -0.1) is 0 Å². The predicted octanol–water partition coefficient (Wildman–Crippen LogP) is 5.87. The van der Waals surface area contributed by atoms with Crippen molar-refractivity contribution >= 4 is 22.4 Å². The third-order valence-corrected chi connectivity index (χ3v) is 6.54. The average Bonchev–Trinajstić information content (AvgIpc) is 2.40. The highest BCUT2D eigenvalue weighted by Crippen LogP contribution is 2.41. The van der Waals surface area contributed by atoms with E-state index in [-0.39, 0.29) is 17.3 Å². The zero-order valence-electron chi connectivity index (χ0n) is 18.4. The molecule has 2 unspecified atom stereocenters. The Bertz CT molecular complexity index is 618. The van der Waals surface area contributed by atoms with Crippen LogP contribution in [0.3, 0.4) is 0 Å². The molecular formula is C21H38O3Si2. The number of Topliss-reactive ketones (excluding diaryl/α,β-unsaturated/α-hetero) is 1. The summed E-state index contributed by atoms with van der Waals surface area (Å²) in [5, 5.41) is 0. The van der Waals surface area contributed by atoms with Crippen molar-refractivity contribution in [2.75, 3.05) is 0 Å². The largest absolute Gasteiger partial charge is 0.407 e. The van der Waals surface area contributed by atoms with Crippen LogP contribution in [0.1, 0.15) is 34.1 Å². The first-order valence-electron chi connectivity index (χ1n) is 9.46. The van der Waals surface area contributed by atoms with E-state index >= 15 is 0 Å². The first-order valence-corrected chi connectivity index (χ1v) is 16.3. The molecule has 148 valence electrons. The highest BCUT2D eigenvalue weighted by molar-refractivity contribution is 6.70. The van der Waals surface area contributed by atoms with Crippen molar-refractivity contribution in [3.8, 4) is 0 Å². The maximum atomic E-state index is 12.9. The molecule has 0 saturated heterocycles. The van der Waals surface area contributed by atoms with Crippen LogP contribution < -0.4 is 0 Å². The van der Waals surface area contributed by atoms with E-state index in [1.54, 1.807) is 0 Å². The molecule has 1 aliphatic rings. The van der Waals surface area contributed by atoms with Crippen molar-refractivity contribution in [1.29, 1.82) is 0 Å². The quantitative estimate of drug-likeness (QED) is 0.400. The van der Waals surface area contributed by atoms with E-state index in [9.17, 15) is 4.79 Å². The maximum Gasteiger partial charge on any atom is 0.186 e. The van der Waals surface area contributed by atoms with Gasteiger partial charge in [0.15, 0.2) is 22.4 Å². The smallest absolute Gasteiger partial charge is 0.186 e. The number of ketones is 1. The molecule has 0 aromatic rings. The van der Waals surface area contributed by atoms with Crippen LogP contribution in [0.5, 0.6) is 0 Å². The zero-order valence-corrected chi connectivity index (χ0v) is 20.4. The third kappa shape index (κ3) is 6.44. The molecule has 26 heavy (non-hydrogen) atoms. The molecule has 0 N–H and O–H groups in total. The van der Waals surface area contributed by atoms with Gasteiger partial charge in [-0.25, -0.2) is 0 Å². The molecule has 5 heteroatoms. The number of carbonyl (C=O) groups excluding carboxylic acids is 1. The number of carbonyl (C=O) groups is 1. The summed E-state index contributed by atoms with van der Waals surface area (Å²) in [5.41, 5.74) is 1.23. The van der Waals surface area contributed by atoms with Crippen LogP contribution in [-0.2, 0) is 13.6 Å². The summed E-state index contributed by atoms with van der Waals surface area (Å²) in [4.78, 5) is 12.9. The summed E-state index contributed by atoms with van der Waals surface area (Å²) >= 11 is 0. The van der Waals surface area contributed by atoms with Gasteiger partial charge in [0.1, 0.15) is 6.10 Å². The molecule has 1 aliphatic carbocycles. The number of hydrogen-bond donors (Lipinski definition) is 0. The van der Waals surface area contributed by atoms with Gasteiger partial charge in [0.05, 0.1) is 5.60 Å². The molecule has 2 atom stereocenters. The van der Waals surface area contributed by atoms with Gasteiger partial charge < -0.3 is 8.85 Å². The fourth-order valence-corrected chi connectivity index (χ4v) is 5.99. The molecule has 0 spiro atoms. The summed E-state index contributed by atoms with van der Waals surface area (Å²) in [7, 11) is -3.50. The van der Waals surface area contributed by atoms with Crippen LogP contribution >= 0.6 is 0 Å². The van der Waals surface area contributed by atoms with Crippen LogP contribution in [0.2, 0.25) is 39.3 Å². The van der Waals surface area contributed by atoms with E-state index < -0.39 is 22.2 Å². The van der Waals surface area contributed by atoms with Gasteiger partial charge in [0.2, 0.25) is 0 Å². The highest BCUT2D eigenvalue weighted by atomic mass is 28.4. The van der Waals surface area contributed by atoms with Crippen molar-refractivity contribution < 1.29 is 13.6 Å². The Kier molecular flexibility index (Phi) is 6.90. The van der Waals surface area contributed by atoms with Gasteiger partial charge in [-0.3, -0.25) is 4.79 Å². The second kappa shape index (κ2) is 7.70. The standard InChI is InChI=1S/C21H38O3Si2/c1-12-21(5,24-26(9,10)11)14-13-17-16(2)19(22)18(15-20(17,3)4)23-25(6,7)8/h12-14,18H,1,15H2,2-11H3/b14-13+. The second-order valence-electron chi connectivity index (χ2n) is 10.1. The number of hydrogen-bond acceptors (Lipinski definition) is 3. The van der Waals surface area contributed by atoms with E-state index in [4.69, 9.17) is 8.85 Å². The monoisotopic (exact) mass is 394 g/mol. The Morgan fingerprint density at radius 3 is 2.12 bits per heavy atom. The number of rotatable bonds is 7. The van der Waals surface area contributed by atoms with Crippen molar-refractivity contribution in [3.63, 3.8) is 0 Å². The lowest BCUT2D eigenvalue weighted by atomic mass is 9.71. The van der Waals surface area contributed by atoms with Gasteiger partial charge in [0.25, 0.3) is 0 Å². The highest BCUT2D eigenvalue weighted by Gasteiger charge is 2.40. The summed E-state index contributed by atoms with van der Waals surface area (Å²) in [6, 6.07) is 0. The van der Waals surface area contributed by atoms with Crippen molar-refractivity contribution in [3.05, 3.63) is 36.0 Å². The van der Waals surface area contributed by atoms with E-state index in [1.807, 2.05) is 26.0 Å². The summed E-state index contributed by atoms with van der Waals surface area (Å²) < 4.78 is 12.5. The van der Waals surface area contributed by atoms with E-state index in [2.05, 4.69) is 65.8 Å². The minimum atomic E-state index is -1.77. The van der Waals surface area contributed by atoms with Gasteiger partial charge >= 0.3 is 0 Å². The Hall–Kier alpha value is -0.756. The van der Waals surface area contributed by atoms with Gasteiger partial charge in [0, 0.05) is 0 Å². The fraction of sp³-hybridized carbons (Fsp3) is 0.667. The first kappa shape index (κ1) is 23.3. The van der Waals surface area contributed by atoms with Crippen molar-refractivity contribution in [2.45, 2.75) is 85.1 Å². The molecule has 0 heterocycles. The summed E-state index contributed by atoms with van der Waals surface area (Å²) in [6.45, 7) is 25.2.